The predicted octanol–water partition coefficient (Wildman–Crippen LogP) is -1.24. The van der Waals surface area contributed by atoms with Gasteiger partial charge in [-0.25, -0.2) is 0 Å². The van der Waals surface area contributed by atoms with E-state index >= 15 is 0 Å². The number of rotatable bonds is 0. The maximum atomic E-state index is 0. The Balaban J connectivity index is 0. The smallest absolute Gasteiger partial charge is 0.870 e. The zero-order valence-electron chi connectivity index (χ0n) is 3.89. The van der Waals surface area contributed by atoms with Crippen molar-refractivity contribution in [3.8, 4) is 0 Å². The van der Waals surface area contributed by atoms with Crippen LogP contribution in [0, 0.1) is 0 Å². The molecule has 9 heavy (non-hydrogen) atoms. The maximum Gasteiger partial charge on any atom is 2.00 e. The van der Waals surface area contributed by atoms with Crippen molar-refractivity contribution in [2.75, 3.05) is 0 Å². The standard InChI is InChI=1S/Ni.7H2O.V/h;7*1H2;/q+2;;;;;;;;/p-7. The van der Waals surface area contributed by atoms with E-state index in [0.717, 1.165) is 0 Å². The fraction of sp³-hybridized carbons (Fsp3) is 0. The van der Waals surface area contributed by atoms with Crippen LogP contribution in [0.2, 0.25) is 0 Å². The van der Waals surface area contributed by atoms with E-state index in [4.69, 9.17) is 0 Å². The number of hydrogen-bond acceptors (Lipinski definition) is 7. The Kier molecular flexibility index (Phi) is 111000. The van der Waals surface area contributed by atoms with E-state index in [9.17, 15) is 0 Å². The maximum absolute atomic E-state index is 0. The first-order chi connectivity index (χ1) is 0. The first-order valence-corrected chi connectivity index (χ1v) is 0. The first kappa shape index (κ1) is 1190. The van der Waals surface area contributed by atoms with Crippen molar-refractivity contribution < 1.29 is 73.4 Å². The SMILES string of the molecule is [Ni+2].[OH-].[OH-].[OH-].[OH-].[OH-].[OH-].[OH-].[V]. The van der Waals surface area contributed by atoms with E-state index in [0.29, 0.717) is 0 Å². The van der Waals surface area contributed by atoms with Gasteiger partial charge in [-0.05, 0) is 0 Å². The monoisotopic (exact) mass is 228 g/mol. The topological polar surface area (TPSA) is 210 Å². The molecule has 0 aliphatic carbocycles. The Hall–Kier alpha value is 0.798. The molecule has 0 unspecified atom stereocenters. The van der Waals surface area contributed by atoms with Crippen LogP contribution in [-0.2, 0) is 35.0 Å². The fourth-order valence-corrected chi connectivity index (χ4v) is 0. The fourth-order valence-electron chi connectivity index (χ4n) is 0. The van der Waals surface area contributed by atoms with Gasteiger partial charge in [0, 0.05) is 18.6 Å². The van der Waals surface area contributed by atoms with Gasteiger partial charge in [-0.15, -0.1) is 0 Å². The summed E-state index contributed by atoms with van der Waals surface area (Å²) >= 11 is 0. The summed E-state index contributed by atoms with van der Waals surface area (Å²) < 4.78 is 0. The molecule has 0 aliphatic rings. The average Bonchev–Trinajstić information content (AvgIpc) is 0. The van der Waals surface area contributed by atoms with E-state index < -0.39 is 0 Å². The molecule has 7 nitrogen and oxygen atoms in total. The van der Waals surface area contributed by atoms with Gasteiger partial charge in [-0.1, -0.05) is 0 Å². The minimum Gasteiger partial charge on any atom is -0.870 e. The molecule has 0 aromatic heterocycles. The van der Waals surface area contributed by atoms with Crippen LogP contribution >= 0.6 is 0 Å². The second-order valence-electron chi connectivity index (χ2n) is 0. The molecular weight excluding hydrogens is 222 g/mol. The van der Waals surface area contributed by atoms with Gasteiger partial charge < -0.3 is 38.3 Å². The van der Waals surface area contributed by atoms with Crippen molar-refractivity contribution in [3.05, 3.63) is 0 Å². The van der Waals surface area contributed by atoms with Gasteiger partial charge in [0.05, 0.1) is 0 Å². The van der Waals surface area contributed by atoms with Crippen molar-refractivity contribution in [1.82, 2.24) is 0 Å². The molecule has 1 radical (unpaired) electrons. The Labute approximate surface area is 73.8 Å². The number of hydrogen-bond donors (Lipinski definition) is 0. The van der Waals surface area contributed by atoms with Crippen LogP contribution in [0.4, 0.5) is 0 Å². The van der Waals surface area contributed by atoms with E-state index in [1.165, 1.54) is 0 Å². The summed E-state index contributed by atoms with van der Waals surface area (Å²) in [6.45, 7) is 0. The van der Waals surface area contributed by atoms with Gasteiger partial charge in [-0.2, -0.15) is 0 Å². The van der Waals surface area contributed by atoms with Crippen LogP contribution in [0.15, 0.2) is 0 Å². The Morgan fingerprint density at radius 2 is 0.333 bits per heavy atom. The van der Waals surface area contributed by atoms with E-state index in [2.05, 4.69) is 0 Å². The molecule has 0 aromatic carbocycles. The molecule has 0 atom stereocenters. The largest absolute Gasteiger partial charge is 2.00 e. The average molecular weight is 229 g/mol. The van der Waals surface area contributed by atoms with Gasteiger partial charge >= 0.3 is 16.5 Å². The third-order valence-electron chi connectivity index (χ3n) is 0. The molecule has 7 N–H and O–H groups in total. The van der Waals surface area contributed by atoms with Crippen LogP contribution in [-0.4, -0.2) is 38.3 Å². The molecule has 0 aromatic rings. The van der Waals surface area contributed by atoms with Gasteiger partial charge in [0.1, 0.15) is 0 Å². The van der Waals surface area contributed by atoms with Crippen LogP contribution in [0.25, 0.3) is 0 Å². The summed E-state index contributed by atoms with van der Waals surface area (Å²) in [5.41, 5.74) is 0. The van der Waals surface area contributed by atoms with Crippen LogP contribution < -0.4 is 0 Å². The molecule has 0 bridgehead atoms. The second kappa shape index (κ2) is 840. The summed E-state index contributed by atoms with van der Waals surface area (Å²) in [6, 6.07) is 0. The van der Waals surface area contributed by atoms with Gasteiger partial charge in [0.15, 0.2) is 0 Å². The Morgan fingerprint density at radius 3 is 0.333 bits per heavy atom. The first-order valence-electron chi connectivity index (χ1n) is 0. The van der Waals surface area contributed by atoms with Crippen LogP contribution in [0.3, 0.4) is 0 Å². The molecule has 0 fully saturated rings. The molecule has 0 heterocycles. The molecule has 0 rings (SSSR count). The van der Waals surface area contributed by atoms with Crippen molar-refractivity contribution in [1.29, 1.82) is 0 Å². The van der Waals surface area contributed by atoms with Gasteiger partial charge in [0.25, 0.3) is 0 Å². The third kappa shape index (κ3) is 639. The van der Waals surface area contributed by atoms with E-state index in [1.54, 1.807) is 0 Å². The Bertz CT molecular complexity index is 8.88. The van der Waals surface area contributed by atoms with Crippen molar-refractivity contribution in [2.24, 2.45) is 0 Å². The summed E-state index contributed by atoms with van der Waals surface area (Å²) in [6.07, 6.45) is 0. The second-order valence-corrected chi connectivity index (χ2v) is 0. The molecule has 0 saturated carbocycles. The van der Waals surface area contributed by atoms with Gasteiger partial charge in [0.2, 0.25) is 0 Å². The summed E-state index contributed by atoms with van der Waals surface area (Å²) in [7, 11) is 0. The summed E-state index contributed by atoms with van der Waals surface area (Å²) in [5.74, 6) is 0. The Morgan fingerprint density at radius 1 is 0.333 bits per heavy atom. The zero-order chi connectivity index (χ0) is 0. The molecule has 0 aliphatic heterocycles. The minimum absolute atomic E-state index is 0. The third-order valence-corrected chi connectivity index (χ3v) is 0. The molecule has 9 heteroatoms. The quantitative estimate of drug-likeness (QED) is 0.459. The molecular formula is H7NiO7V-5. The van der Waals surface area contributed by atoms with Crippen LogP contribution in [0.1, 0.15) is 0 Å². The molecule has 0 spiro atoms. The van der Waals surface area contributed by atoms with Gasteiger partial charge in [-0.3, -0.25) is 0 Å². The summed E-state index contributed by atoms with van der Waals surface area (Å²) in [4.78, 5) is 0. The minimum atomic E-state index is 0. The zero-order valence-corrected chi connectivity index (χ0v) is 6.28. The van der Waals surface area contributed by atoms with Crippen molar-refractivity contribution in [2.45, 2.75) is 0 Å². The predicted molar refractivity (Wildman–Crippen MR) is 13.6 cm³/mol. The molecule has 69 valence electrons. The summed E-state index contributed by atoms with van der Waals surface area (Å²) in [5, 5.41) is 0. The van der Waals surface area contributed by atoms with E-state index in [-0.39, 0.29) is 73.4 Å². The van der Waals surface area contributed by atoms with Crippen molar-refractivity contribution >= 4 is 0 Å². The van der Waals surface area contributed by atoms with Crippen molar-refractivity contribution in [3.63, 3.8) is 0 Å². The normalized spacial score (nSPS) is 0. The molecule has 0 amide bonds. The van der Waals surface area contributed by atoms with Crippen LogP contribution in [0.5, 0.6) is 0 Å². The van der Waals surface area contributed by atoms with E-state index in [1.807, 2.05) is 0 Å². The molecule has 0 saturated heterocycles.